The van der Waals surface area contributed by atoms with Crippen LogP contribution in [0, 0.1) is 0 Å². The fourth-order valence-electron chi connectivity index (χ4n) is 4.90. The molecule has 0 saturated carbocycles. The minimum absolute atomic E-state index is 0.0450. The molecule has 2 aliphatic heterocycles. The first-order valence-corrected chi connectivity index (χ1v) is 10.6. The van der Waals surface area contributed by atoms with E-state index in [1.165, 1.54) is 5.56 Å². The van der Waals surface area contributed by atoms with Crippen LogP contribution in [0.2, 0.25) is 0 Å². The molecule has 0 bridgehead atoms. The maximum Gasteiger partial charge on any atom is 0.249 e. The van der Waals surface area contributed by atoms with Crippen molar-refractivity contribution in [1.29, 1.82) is 0 Å². The first-order valence-electron chi connectivity index (χ1n) is 10.6. The quantitative estimate of drug-likeness (QED) is 0.715. The third-order valence-corrected chi connectivity index (χ3v) is 6.57. The van der Waals surface area contributed by atoms with Gasteiger partial charge in [0, 0.05) is 25.3 Å². The molecule has 1 unspecified atom stereocenters. The fraction of sp³-hybridized carbons (Fsp3) is 0.269. The highest BCUT2D eigenvalue weighted by Gasteiger charge is 2.48. The lowest BCUT2D eigenvalue weighted by Gasteiger charge is -2.51. The van der Waals surface area contributed by atoms with Crippen molar-refractivity contribution in [2.75, 3.05) is 31.1 Å². The van der Waals surface area contributed by atoms with Gasteiger partial charge in [0.15, 0.2) is 0 Å². The molecule has 0 spiro atoms. The molecule has 4 heteroatoms. The highest BCUT2D eigenvalue weighted by Crippen LogP contribution is 2.40. The van der Waals surface area contributed by atoms with E-state index >= 15 is 0 Å². The number of anilines is 1. The minimum Gasteiger partial charge on any atom is -0.395 e. The van der Waals surface area contributed by atoms with Gasteiger partial charge in [-0.25, -0.2) is 0 Å². The predicted molar refractivity (Wildman–Crippen MR) is 118 cm³/mol. The smallest absolute Gasteiger partial charge is 0.249 e. The molecule has 1 fully saturated rings. The molecular formula is C26H26N2O2. The number of nitrogens with zero attached hydrogens (tertiary/aromatic N) is 2. The molecular weight excluding hydrogens is 372 g/mol. The Morgan fingerprint density at radius 1 is 0.900 bits per heavy atom. The number of aliphatic hydroxyl groups excluding tert-OH is 1. The molecule has 5 rings (SSSR count). The van der Waals surface area contributed by atoms with E-state index in [9.17, 15) is 9.90 Å². The molecule has 2 aliphatic rings. The highest BCUT2D eigenvalue weighted by atomic mass is 16.3. The lowest BCUT2D eigenvalue weighted by Crippen LogP contribution is -2.64. The number of hydrogen-bond donors (Lipinski definition) is 1. The van der Waals surface area contributed by atoms with E-state index in [1.807, 2.05) is 71.6 Å². The van der Waals surface area contributed by atoms with Gasteiger partial charge in [-0.2, -0.15) is 0 Å². The molecule has 0 aromatic heterocycles. The van der Waals surface area contributed by atoms with Crippen LogP contribution in [0.5, 0.6) is 0 Å². The van der Waals surface area contributed by atoms with Crippen molar-refractivity contribution in [1.82, 2.24) is 4.90 Å². The van der Waals surface area contributed by atoms with Gasteiger partial charge in [-0.3, -0.25) is 4.79 Å². The topological polar surface area (TPSA) is 43.8 Å². The maximum absolute atomic E-state index is 13.8. The van der Waals surface area contributed by atoms with Crippen LogP contribution in [0.4, 0.5) is 5.69 Å². The molecule has 3 aromatic carbocycles. The van der Waals surface area contributed by atoms with E-state index in [0.717, 1.165) is 29.8 Å². The normalized spacial score (nSPS) is 17.9. The molecule has 152 valence electrons. The first kappa shape index (κ1) is 18.9. The van der Waals surface area contributed by atoms with E-state index in [2.05, 4.69) is 23.1 Å². The number of benzene rings is 3. The fourth-order valence-corrected chi connectivity index (χ4v) is 4.90. The van der Waals surface area contributed by atoms with Crippen molar-refractivity contribution in [3.63, 3.8) is 0 Å². The Labute approximate surface area is 177 Å². The number of carbonyl (C=O) groups excluding carboxylic acids is 1. The lowest BCUT2D eigenvalue weighted by molar-refractivity contribution is -0.142. The Morgan fingerprint density at radius 3 is 2.23 bits per heavy atom. The molecule has 4 nitrogen and oxygen atoms in total. The molecule has 1 N–H and O–H groups in total. The largest absolute Gasteiger partial charge is 0.395 e. The van der Waals surface area contributed by atoms with Crippen LogP contribution in [0.1, 0.15) is 22.7 Å². The van der Waals surface area contributed by atoms with Gasteiger partial charge in [0.2, 0.25) is 5.91 Å². The zero-order valence-electron chi connectivity index (χ0n) is 16.9. The molecule has 1 saturated heterocycles. The Hall–Kier alpha value is -3.11. The third kappa shape index (κ3) is 3.08. The van der Waals surface area contributed by atoms with Crippen LogP contribution in [-0.4, -0.2) is 42.2 Å². The summed E-state index contributed by atoms with van der Waals surface area (Å²) in [5.74, 6) is 0.109. The summed E-state index contributed by atoms with van der Waals surface area (Å²) in [6, 6.07) is 28.1. The Bertz CT molecular complexity index is 1030. The van der Waals surface area contributed by atoms with Crippen LogP contribution in [-0.2, 0) is 16.6 Å². The molecule has 1 atom stereocenters. The summed E-state index contributed by atoms with van der Waals surface area (Å²) >= 11 is 0. The SMILES string of the molecule is O=C(C(c1ccccc1)N1CCc2ccccc21)N1CC(CO)(c2ccccc2)C1. The second kappa shape index (κ2) is 7.62. The molecule has 1 amide bonds. The van der Waals surface area contributed by atoms with Crippen molar-refractivity contribution in [3.8, 4) is 0 Å². The van der Waals surface area contributed by atoms with Gasteiger partial charge in [-0.15, -0.1) is 0 Å². The number of fused-ring (bicyclic) bond motifs is 1. The van der Waals surface area contributed by atoms with Gasteiger partial charge >= 0.3 is 0 Å². The van der Waals surface area contributed by atoms with E-state index in [4.69, 9.17) is 0 Å². The van der Waals surface area contributed by atoms with E-state index in [1.54, 1.807) is 0 Å². The second-order valence-corrected chi connectivity index (χ2v) is 8.38. The molecule has 0 aliphatic carbocycles. The predicted octanol–water partition coefficient (Wildman–Crippen LogP) is 3.56. The number of aliphatic hydroxyl groups is 1. The van der Waals surface area contributed by atoms with Gasteiger partial charge in [0.25, 0.3) is 0 Å². The summed E-state index contributed by atoms with van der Waals surface area (Å²) in [7, 11) is 0. The van der Waals surface area contributed by atoms with Crippen molar-refractivity contribution in [2.45, 2.75) is 17.9 Å². The minimum atomic E-state index is -0.360. The molecule has 0 radical (unpaired) electrons. The molecule has 30 heavy (non-hydrogen) atoms. The summed E-state index contributed by atoms with van der Waals surface area (Å²) < 4.78 is 0. The van der Waals surface area contributed by atoms with Gasteiger partial charge in [0.05, 0.1) is 12.0 Å². The highest BCUT2D eigenvalue weighted by molar-refractivity contribution is 5.88. The van der Waals surface area contributed by atoms with Crippen molar-refractivity contribution >= 4 is 11.6 Å². The van der Waals surface area contributed by atoms with Gasteiger partial charge in [-0.1, -0.05) is 78.9 Å². The van der Waals surface area contributed by atoms with Crippen molar-refractivity contribution < 1.29 is 9.90 Å². The summed E-state index contributed by atoms with van der Waals surface area (Å²) in [6.45, 7) is 1.97. The summed E-state index contributed by atoms with van der Waals surface area (Å²) in [4.78, 5) is 17.9. The first-order chi connectivity index (χ1) is 14.7. The number of likely N-dealkylation sites (tertiary alicyclic amines) is 1. The Morgan fingerprint density at radius 2 is 1.53 bits per heavy atom. The average molecular weight is 399 g/mol. The zero-order chi connectivity index (χ0) is 20.6. The number of hydrogen-bond acceptors (Lipinski definition) is 3. The molecule has 2 heterocycles. The van der Waals surface area contributed by atoms with Crippen molar-refractivity contribution in [2.24, 2.45) is 0 Å². The van der Waals surface area contributed by atoms with Crippen molar-refractivity contribution in [3.05, 3.63) is 102 Å². The summed E-state index contributed by atoms with van der Waals surface area (Å²) in [5.41, 5.74) is 4.20. The van der Waals surface area contributed by atoms with E-state index < -0.39 is 0 Å². The van der Waals surface area contributed by atoms with Crippen LogP contribution in [0.3, 0.4) is 0 Å². The van der Waals surface area contributed by atoms with E-state index in [0.29, 0.717) is 13.1 Å². The zero-order valence-corrected chi connectivity index (χ0v) is 16.9. The number of para-hydroxylation sites is 1. The van der Waals surface area contributed by atoms with Gasteiger partial charge in [-0.05, 0) is 29.2 Å². The Kier molecular flexibility index (Phi) is 4.80. The average Bonchev–Trinajstić information content (AvgIpc) is 3.19. The standard InChI is InChI=1S/C26H26N2O2/c29-19-26(22-12-5-2-6-13-22)17-27(18-26)25(30)24(21-10-3-1-4-11-21)28-16-15-20-9-7-8-14-23(20)28/h1-14,24,29H,15-19H2. The second-order valence-electron chi connectivity index (χ2n) is 8.38. The van der Waals surface area contributed by atoms with E-state index in [-0.39, 0.29) is 24.0 Å². The number of rotatable bonds is 5. The lowest BCUT2D eigenvalue weighted by atomic mass is 9.74. The number of carbonyl (C=O) groups is 1. The molecule has 3 aromatic rings. The monoisotopic (exact) mass is 398 g/mol. The van der Waals surface area contributed by atoms with Crippen LogP contribution >= 0.6 is 0 Å². The third-order valence-electron chi connectivity index (χ3n) is 6.57. The van der Waals surface area contributed by atoms with Crippen LogP contribution in [0.25, 0.3) is 0 Å². The van der Waals surface area contributed by atoms with Gasteiger partial charge < -0.3 is 14.9 Å². The number of amides is 1. The van der Waals surface area contributed by atoms with Crippen LogP contribution in [0.15, 0.2) is 84.9 Å². The van der Waals surface area contributed by atoms with Crippen LogP contribution < -0.4 is 4.90 Å². The summed E-state index contributed by atoms with van der Waals surface area (Å²) in [5, 5.41) is 10.1. The Balaban J connectivity index is 1.44. The maximum atomic E-state index is 13.8. The van der Waals surface area contributed by atoms with Gasteiger partial charge in [0.1, 0.15) is 6.04 Å². The summed E-state index contributed by atoms with van der Waals surface area (Å²) in [6.07, 6.45) is 0.956.